The van der Waals surface area contributed by atoms with Crippen LogP contribution >= 0.6 is 22.9 Å². The van der Waals surface area contributed by atoms with Gasteiger partial charge in [-0.15, -0.1) is 11.3 Å². The van der Waals surface area contributed by atoms with Crippen LogP contribution in [0.4, 0.5) is 0 Å². The van der Waals surface area contributed by atoms with E-state index in [4.69, 9.17) is 16.3 Å². The minimum Gasteiger partial charge on any atom is -0.383 e. The van der Waals surface area contributed by atoms with Crippen molar-refractivity contribution in [3.8, 4) is 0 Å². The summed E-state index contributed by atoms with van der Waals surface area (Å²) in [7, 11) is 3.58. The minimum atomic E-state index is 0.0281. The highest BCUT2D eigenvalue weighted by molar-refractivity contribution is 7.12. The van der Waals surface area contributed by atoms with Crippen molar-refractivity contribution in [2.45, 2.75) is 6.42 Å². The Kier molecular flexibility index (Phi) is 5.84. The third-order valence-corrected chi connectivity index (χ3v) is 5.00. The summed E-state index contributed by atoms with van der Waals surface area (Å²) in [6.45, 7) is 4.67. The van der Waals surface area contributed by atoms with E-state index in [0.717, 1.165) is 39.2 Å². The van der Waals surface area contributed by atoms with E-state index in [9.17, 15) is 4.79 Å². The van der Waals surface area contributed by atoms with Crippen LogP contribution in [-0.4, -0.2) is 62.7 Å². The molecule has 1 fully saturated rings. The molecule has 1 aliphatic rings. The fraction of sp³-hybridized carbons (Fsp3) is 0.643. The number of methoxy groups -OCH3 is 1. The van der Waals surface area contributed by atoms with E-state index in [2.05, 4.69) is 4.90 Å². The molecule has 112 valence electrons. The molecule has 4 nitrogen and oxygen atoms in total. The number of rotatable bonds is 6. The molecule has 1 aliphatic heterocycles. The van der Waals surface area contributed by atoms with Crippen molar-refractivity contribution in [3.05, 3.63) is 21.3 Å². The molecule has 0 bridgehead atoms. The van der Waals surface area contributed by atoms with Gasteiger partial charge in [-0.25, -0.2) is 0 Å². The number of halogens is 1. The van der Waals surface area contributed by atoms with E-state index in [0.29, 0.717) is 15.8 Å². The van der Waals surface area contributed by atoms with Gasteiger partial charge in [0.15, 0.2) is 0 Å². The summed E-state index contributed by atoms with van der Waals surface area (Å²) in [5.41, 5.74) is 0. The monoisotopic (exact) mass is 316 g/mol. The largest absolute Gasteiger partial charge is 0.383 e. The van der Waals surface area contributed by atoms with E-state index < -0.39 is 0 Å². The highest BCUT2D eigenvalue weighted by Gasteiger charge is 2.25. The topological polar surface area (TPSA) is 32.8 Å². The summed E-state index contributed by atoms with van der Waals surface area (Å²) in [6, 6.07) is 1.77. The molecule has 0 aliphatic carbocycles. The van der Waals surface area contributed by atoms with E-state index >= 15 is 0 Å². The summed E-state index contributed by atoms with van der Waals surface area (Å²) in [6.07, 6.45) is 1.14. The zero-order valence-electron chi connectivity index (χ0n) is 12.0. The quantitative estimate of drug-likeness (QED) is 0.808. The molecule has 0 saturated carbocycles. The summed E-state index contributed by atoms with van der Waals surface area (Å²) in [4.78, 5) is 17.1. The van der Waals surface area contributed by atoms with Crippen LogP contribution in [0.2, 0.25) is 5.02 Å². The van der Waals surface area contributed by atoms with E-state index in [1.807, 2.05) is 12.4 Å². The Bertz CT molecular complexity index is 452. The van der Waals surface area contributed by atoms with Crippen LogP contribution in [0.15, 0.2) is 11.4 Å². The maximum absolute atomic E-state index is 12.3. The van der Waals surface area contributed by atoms with Crippen molar-refractivity contribution < 1.29 is 9.53 Å². The second-order valence-corrected chi connectivity index (χ2v) is 6.55. The Morgan fingerprint density at radius 1 is 1.65 bits per heavy atom. The molecule has 1 atom stereocenters. The normalized spacial score (nSPS) is 19.4. The van der Waals surface area contributed by atoms with Crippen LogP contribution in [0.5, 0.6) is 0 Å². The van der Waals surface area contributed by atoms with Gasteiger partial charge in [0.1, 0.15) is 4.88 Å². The maximum atomic E-state index is 12.3. The first kappa shape index (κ1) is 15.8. The average Bonchev–Trinajstić information content (AvgIpc) is 3.04. The van der Waals surface area contributed by atoms with Gasteiger partial charge in [-0.3, -0.25) is 4.79 Å². The van der Waals surface area contributed by atoms with Crippen LogP contribution in [0, 0.1) is 5.92 Å². The van der Waals surface area contributed by atoms with Gasteiger partial charge in [0.2, 0.25) is 0 Å². The zero-order chi connectivity index (χ0) is 14.5. The lowest BCUT2D eigenvalue weighted by Crippen LogP contribution is -2.33. The van der Waals surface area contributed by atoms with Crippen molar-refractivity contribution >= 4 is 28.8 Å². The molecule has 2 rings (SSSR count). The first-order valence-corrected chi connectivity index (χ1v) is 8.07. The molecular weight excluding hydrogens is 296 g/mol. The Balaban J connectivity index is 1.82. The van der Waals surface area contributed by atoms with Crippen LogP contribution in [0.25, 0.3) is 0 Å². The standard InChI is InChI=1S/C14H21ClN2O2S/c1-16(14(18)13-12(15)4-8-20-13)9-11-3-5-17(10-11)6-7-19-2/h4,8,11H,3,5-7,9-10H2,1-2H3. The number of nitrogens with zero attached hydrogens (tertiary/aromatic N) is 2. The maximum Gasteiger partial charge on any atom is 0.265 e. The summed E-state index contributed by atoms with van der Waals surface area (Å²) in [5.74, 6) is 0.569. The van der Waals surface area contributed by atoms with E-state index in [1.54, 1.807) is 18.1 Å². The van der Waals surface area contributed by atoms with E-state index in [-0.39, 0.29) is 5.91 Å². The molecule has 1 amide bonds. The van der Waals surface area contributed by atoms with Gasteiger partial charge in [0, 0.05) is 33.8 Å². The Morgan fingerprint density at radius 2 is 2.45 bits per heavy atom. The highest BCUT2D eigenvalue weighted by Crippen LogP contribution is 2.24. The van der Waals surface area contributed by atoms with Gasteiger partial charge in [-0.05, 0) is 30.3 Å². The average molecular weight is 317 g/mol. The minimum absolute atomic E-state index is 0.0281. The molecule has 1 aromatic heterocycles. The van der Waals surface area contributed by atoms with Crippen molar-refractivity contribution in [1.82, 2.24) is 9.80 Å². The Hall–Kier alpha value is -0.620. The summed E-state index contributed by atoms with van der Waals surface area (Å²) in [5, 5.41) is 2.41. The predicted molar refractivity (Wildman–Crippen MR) is 82.7 cm³/mol. The molecule has 0 spiro atoms. The predicted octanol–water partition coefficient (Wildman–Crippen LogP) is 2.44. The number of carbonyl (C=O) groups excluding carboxylic acids is 1. The molecule has 2 heterocycles. The lowest BCUT2D eigenvalue weighted by atomic mass is 10.1. The summed E-state index contributed by atoms with van der Waals surface area (Å²) >= 11 is 7.42. The number of hydrogen-bond donors (Lipinski definition) is 0. The number of carbonyl (C=O) groups is 1. The third kappa shape index (κ3) is 3.95. The number of hydrogen-bond acceptors (Lipinski definition) is 4. The van der Waals surface area contributed by atoms with Crippen molar-refractivity contribution in [1.29, 1.82) is 0 Å². The van der Waals surface area contributed by atoms with Gasteiger partial charge in [0.05, 0.1) is 11.6 Å². The number of amides is 1. The van der Waals surface area contributed by atoms with Gasteiger partial charge >= 0.3 is 0 Å². The summed E-state index contributed by atoms with van der Waals surface area (Å²) < 4.78 is 5.10. The first-order valence-electron chi connectivity index (χ1n) is 6.81. The van der Waals surface area contributed by atoms with Crippen molar-refractivity contribution in [2.75, 3.05) is 46.9 Å². The molecular formula is C14H21ClN2O2S. The smallest absolute Gasteiger partial charge is 0.265 e. The van der Waals surface area contributed by atoms with Gasteiger partial charge in [-0.1, -0.05) is 11.6 Å². The zero-order valence-corrected chi connectivity index (χ0v) is 13.5. The van der Waals surface area contributed by atoms with Crippen LogP contribution in [0.3, 0.4) is 0 Å². The van der Waals surface area contributed by atoms with Crippen LogP contribution in [0.1, 0.15) is 16.1 Å². The SMILES string of the molecule is COCCN1CCC(CN(C)C(=O)c2sccc2Cl)C1. The highest BCUT2D eigenvalue weighted by atomic mass is 35.5. The number of thiophene rings is 1. The molecule has 1 unspecified atom stereocenters. The van der Waals surface area contributed by atoms with Gasteiger partial charge < -0.3 is 14.5 Å². The van der Waals surface area contributed by atoms with Gasteiger partial charge in [-0.2, -0.15) is 0 Å². The fourth-order valence-electron chi connectivity index (χ4n) is 2.58. The Morgan fingerprint density at radius 3 is 3.10 bits per heavy atom. The third-order valence-electron chi connectivity index (χ3n) is 3.67. The lowest BCUT2D eigenvalue weighted by Gasteiger charge is -2.21. The van der Waals surface area contributed by atoms with Crippen LogP contribution < -0.4 is 0 Å². The van der Waals surface area contributed by atoms with Crippen molar-refractivity contribution in [2.24, 2.45) is 5.92 Å². The molecule has 20 heavy (non-hydrogen) atoms. The molecule has 1 saturated heterocycles. The first-order chi connectivity index (χ1) is 9.61. The fourth-order valence-corrected chi connectivity index (χ4v) is 3.70. The van der Waals surface area contributed by atoms with Crippen molar-refractivity contribution in [3.63, 3.8) is 0 Å². The molecule has 0 N–H and O–H groups in total. The Labute approximate surface area is 129 Å². The molecule has 0 radical (unpaired) electrons. The lowest BCUT2D eigenvalue weighted by molar-refractivity contribution is 0.0777. The number of likely N-dealkylation sites (tertiary alicyclic amines) is 1. The van der Waals surface area contributed by atoms with E-state index in [1.165, 1.54) is 11.3 Å². The molecule has 0 aromatic carbocycles. The molecule has 1 aromatic rings. The van der Waals surface area contributed by atoms with Gasteiger partial charge in [0.25, 0.3) is 5.91 Å². The molecule has 6 heteroatoms. The van der Waals surface area contributed by atoms with Crippen LogP contribution in [-0.2, 0) is 4.74 Å². The number of ether oxygens (including phenoxy) is 1. The second kappa shape index (κ2) is 7.41. The second-order valence-electron chi connectivity index (χ2n) is 5.23.